The number of esters is 1. The molecule has 3 rings (SSSR count). The highest BCUT2D eigenvalue weighted by Gasteiger charge is 2.20. The van der Waals surface area contributed by atoms with E-state index in [1.165, 1.54) is 35.6 Å². The Bertz CT molecular complexity index is 971. The number of hydrogen-bond donors (Lipinski definition) is 2. The summed E-state index contributed by atoms with van der Waals surface area (Å²) in [7, 11) is 0. The molecule has 1 aromatic heterocycles. The van der Waals surface area contributed by atoms with Crippen molar-refractivity contribution in [3.63, 3.8) is 0 Å². The molecule has 0 unspecified atom stereocenters. The summed E-state index contributed by atoms with van der Waals surface area (Å²) < 4.78 is 18.2. The van der Waals surface area contributed by atoms with E-state index in [4.69, 9.17) is 4.74 Å². The third-order valence-electron chi connectivity index (χ3n) is 4.04. The number of carbonyl (C=O) groups is 2. The minimum absolute atomic E-state index is 0.00765. The summed E-state index contributed by atoms with van der Waals surface area (Å²) in [6, 6.07) is 13.6. The van der Waals surface area contributed by atoms with Gasteiger partial charge in [-0.25, -0.2) is 9.18 Å². The van der Waals surface area contributed by atoms with E-state index in [0.717, 1.165) is 10.4 Å². The fourth-order valence-corrected chi connectivity index (χ4v) is 3.46. The van der Waals surface area contributed by atoms with Crippen LogP contribution in [0.5, 0.6) is 5.75 Å². The molecule has 2 aromatic carbocycles. The van der Waals surface area contributed by atoms with Gasteiger partial charge in [0.2, 0.25) is 0 Å². The van der Waals surface area contributed by atoms with E-state index < -0.39 is 24.5 Å². The van der Waals surface area contributed by atoms with E-state index in [2.05, 4.69) is 5.32 Å². The second kappa shape index (κ2) is 8.67. The lowest BCUT2D eigenvalue weighted by molar-refractivity contribution is -0.124. The third kappa shape index (κ3) is 4.75. The largest absolute Gasteiger partial charge is 0.507 e. The number of aromatic hydroxyl groups is 1. The Morgan fingerprint density at radius 3 is 2.57 bits per heavy atom. The number of phenolic OH excluding ortho intramolecular Hbond substituents is 1. The van der Waals surface area contributed by atoms with Gasteiger partial charge in [0, 0.05) is 4.88 Å². The Hall–Kier alpha value is -3.19. The van der Waals surface area contributed by atoms with E-state index in [9.17, 15) is 19.1 Å². The molecule has 2 N–H and O–H groups in total. The lowest BCUT2D eigenvalue weighted by atomic mass is 10.1. The smallest absolute Gasteiger partial charge is 0.342 e. The maximum atomic E-state index is 13.2. The van der Waals surface area contributed by atoms with Crippen molar-refractivity contribution in [1.29, 1.82) is 0 Å². The lowest BCUT2D eigenvalue weighted by Gasteiger charge is -2.18. The molecule has 0 radical (unpaired) electrons. The fourth-order valence-electron chi connectivity index (χ4n) is 2.66. The van der Waals surface area contributed by atoms with Gasteiger partial charge in [0.25, 0.3) is 5.91 Å². The van der Waals surface area contributed by atoms with Gasteiger partial charge in [0.15, 0.2) is 6.61 Å². The molecule has 5 nitrogen and oxygen atoms in total. The number of aryl methyl sites for hydroxylation is 1. The summed E-state index contributed by atoms with van der Waals surface area (Å²) in [4.78, 5) is 25.3. The number of rotatable bonds is 6. The Kier molecular flexibility index (Phi) is 6.06. The number of benzene rings is 2. The van der Waals surface area contributed by atoms with Crippen LogP contribution in [0.1, 0.15) is 32.4 Å². The maximum absolute atomic E-state index is 13.2. The summed E-state index contributed by atoms with van der Waals surface area (Å²) in [5, 5.41) is 14.5. The van der Waals surface area contributed by atoms with Crippen LogP contribution in [0, 0.1) is 12.7 Å². The second-order valence-electron chi connectivity index (χ2n) is 6.16. The van der Waals surface area contributed by atoms with Gasteiger partial charge >= 0.3 is 5.97 Å². The van der Waals surface area contributed by atoms with Crippen LogP contribution in [0.25, 0.3) is 0 Å². The zero-order valence-corrected chi connectivity index (χ0v) is 15.8. The van der Waals surface area contributed by atoms with Gasteiger partial charge in [0.05, 0.1) is 6.04 Å². The van der Waals surface area contributed by atoms with Crippen molar-refractivity contribution in [2.45, 2.75) is 13.0 Å². The first-order chi connectivity index (χ1) is 13.4. The van der Waals surface area contributed by atoms with Crippen LogP contribution in [0.3, 0.4) is 0 Å². The Morgan fingerprint density at radius 2 is 1.93 bits per heavy atom. The van der Waals surface area contributed by atoms with Crippen molar-refractivity contribution in [2.75, 3.05) is 6.61 Å². The monoisotopic (exact) mass is 399 g/mol. The molecule has 0 aliphatic heterocycles. The van der Waals surface area contributed by atoms with Crippen LogP contribution >= 0.6 is 11.3 Å². The zero-order chi connectivity index (χ0) is 20.1. The van der Waals surface area contributed by atoms with Gasteiger partial charge in [-0.1, -0.05) is 24.3 Å². The summed E-state index contributed by atoms with van der Waals surface area (Å²) in [5.41, 5.74) is 1.50. The number of hydrogen-bond acceptors (Lipinski definition) is 5. The number of ether oxygens (including phenoxy) is 1. The highest BCUT2D eigenvalue weighted by molar-refractivity contribution is 7.10. The van der Waals surface area contributed by atoms with Crippen LogP contribution in [0.4, 0.5) is 4.39 Å². The first-order valence-corrected chi connectivity index (χ1v) is 9.37. The van der Waals surface area contributed by atoms with Gasteiger partial charge in [0.1, 0.15) is 17.1 Å². The third-order valence-corrected chi connectivity index (χ3v) is 4.98. The SMILES string of the molecule is Cc1ccc(C(=O)OCC(=O)N[C@@H](c2ccc(F)cc2)c2cccs2)c(O)c1. The predicted molar refractivity (Wildman–Crippen MR) is 104 cm³/mol. The van der Waals surface area contributed by atoms with Crippen LogP contribution in [0.15, 0.2) is 60.0 Å². The second-order valence-corrected chi connectivity index (χ2v) is 7.14. The molecule has 0 spiro atoms. The van der Waals surface area contributed by atoms with Gasteiger partial charge in [-0.2, -0.15) is 0 Å². The number of phenols is 1. The van der Waals surface area contributed by atoms with E-state index in [1.54, 1.807) is 25.1 Å². The molecule has 0 saturated carbocycles. The Morgan fingerprint density at radius 1 is 1.18 bits per heavy atom. The molecule has 28 heavy (non-hydrogen) atoms. The van der Waals surface area contributed by atoms with Gasteiger partial charge in [-0.3, -0.25) is 4.79 Å². The van der Waals surface area contributed by atoms with Crippen LogP contribution in [-0.2, 0) is 9.53 Å². The van der Waals surface area contributed by atoms with E-state index in [1.807, 2.05) is 17.5 Å². The van der Waals surface area contributed by atoms with Crippen LogP contribution in [0.2, 0.25) is 0 Å². The van der Waals surface area contributed by atoms with Crippen molar-refractivity contribution in [2.24, 2.45) is 0 Å². The molecule has 0 aliphatic rings. The van der Waals surface area contributed by atoms with E-state index >= 15 is 0 Å². The maximum Gasteiger partial charge on any atom is 0.342 e. The molecule has 1 amide bonds. The van der Waals surface area contributed by atoms with Crippen molar-refractivity contribution in [3.05, 3.63) is 87.4 Å². The van der Waals surface area contributed by atoms with Crippen LogP contribution < -0.4 is 5.32 Å². The molecule has 1 heterocycles. The standard InChI is InChI=1S/C21H18FNO4S/c1-13-4-9-16(17(24)11-13)21(26)27-12-19(25)23-20(18-3-2-10-28-18)14-5-7-15(22)8-6-14/h2-11,20,24H,12H2,1H3,(H,23,25)/t20-/m0/s1. The predicted octanol–water partition coefficient (Wildman–Crippen LogP) is 3.96. The van der Waals surface area contributed by atoms with E-state index in [-0.39, 0.29) is 17.1 Å². The molecular formula is C21H18FNO4S. The summed E-state index contributed by atoms with van der Waals surface area (Å²) in [6.45, 7) is 1.28. The lowest BCUT2D eigenvalue weighted by Crippen LogP contribution is -2.32. The van der Waals surface area contributed by atoms with Crippen molar-refractivity contribution in [3.8, 4) is 5.75 Å². The van der Waals surface area contributed by atoms with Crippen molar-refractivity contribution >= 4 is 23.2 Å². The molecule has 7 heteroatoms. The normalized spacial score (nSPS) is 11.6. The number of halogens is 1. The Labute approximate surface area is 165 Å². The molecule has 0 saturated heterocycles. The van der Waals surface area contributed by atoms with Gasteiger partial charge in [-0.05, 0) is 53.8 Å². The number of amides is 1. The summed E-state index contributed by atoms with van der Waals surface area (Å²) in [6.07, 6.45) is 0. The quantitative estimate of drug-likeness (QED) is 0.615. The number of carbonyl (C=O) groups excluding carboxylic acids is 2. The summed E-state index contributed by atoms with van der Waals surface area (Å²) >= 11 is 1.45. The van der Waals surface area contributed by atoms with Crippen LogP contribution in [-0.4, -0.2) is 23.6 Å². The number of nitrogens with one attached hydrogen (secondary N) is 1. The molecule has 0 bridgehead atoms. The fraction of sp³-hybridized carbons (Fsp3) is 0.143. The highest BCUT2D eigenvalue weighted by atomic mass is 32.1. The summed E-state index contributed by atoms with van der Waals surface area (Å²) in [5.74, 6) is -1.87. The molecule has 0 fully saturated rings. The Balaban J connectivity index is 1.67. The molecular weight excluding hydrogens is 381 g/mol. The van der Waals surface area contributed by atoms with Crippen molar-refractivity contribution in [1.82, 2.24) is 5.32 Å². The molecule has 3 aromatic rings. The first-order valence-electron chi connectivity index (χ1n) is 8.49. The van der Waals surface area contributed by atoms with Gasteiger partial charge < -0.3 is 15.2 Å². The molecule has 0 aliphatic carbocycles. The minimum Gasteiger partial charge on any atom is -0.507 e. The topological polar surface area (TPSA) is 75.6 Å². The zero-order valence-electron chi connectivity index (χ0n) is 15.0. The average Bonchev–Trinajstić information content (AvgIpc) is 3.19. The van der Waals surface area contributed by atoms with Crippen molar-refractivity contribution < 1.29 is 23.8 Å². The molecule has 1 atom stereocenters. The average molecular weight is 399 g/mol. The van der Waals surface area contributed by atoms with E-state index in [0.29, 0.717) is 5.56 Å². The van der Waals surface area contributed by atoms with Gasteiger partial charge in [-0.15, -0.1) is 11.3 Å². The highest BCUT2D eigenvalue weighted by Crippen LogP contribution is 2.26. The first kappa shape index (κ1) is 19.6. The number of thiophene rings is 1. The molecule has 144 valence electrons. The minimum atomic E-state index is -0.790.